The number of rotatable bonds is 8. The van der Waals surface area contributed by atoms with Gasteiger partial charge in [-0.1, -0.05) is 48.2 Å². The van der Waals surface area contributed by atoms with Gasteiger partial charge in [-0.25, -0.2) is 8.42 Å². The number of carbonyl (C=O) groups excluding carboxylic acids is 4. The van der Waals surface area contributed by atoms with E-state index >= 15 is 0 Å². The summed E-state index contributed by atoms with van der Waals surface area (Å²) in [7, 11) is -3.61. The van der Waals surface area contributed by atoms with Crippen molar-refractivity contribution in [1.82, 2.24) is 15.1 Å². The van der Waals surface area contributed by atoms with E-state index in [-0.39, 0.29) is 33.9 Å². The number of piperidine rings is 2. The van der Waals surface area contributed by atoms with E-state index in [1.807, 2.05) is 11.0 Å². The minimum atomic E-state index is -3.61. The summed E-state index contributed by atoms with van der Waals surface area (Å²) in [6.45, 7) is 1.55. The summed E-state index contributed by atoms with van der Waals surface area (Å²) in [6, 6.07) is 18.9. The van der Waals surface area contributed by atoms with Gasteiger partial charge in [0.05, 0.1) is 15.8 Å². The van der Waals surface area contributed by atoms with Crippen LogP contribution in [0.1, 0.15) is 65.6 Å². The van der Waals surface area contributed by atoms with Crippen molar-refractivity contribution in [3.8, 4) is 11.8 Å². The number of amides is 4. The number of hydrogen-bond acceptors (Lipinski definition) is 7. The summed E-state index contributed by atoms with van der Waals surface area (Å²) in [5.74, 6) is 5.87. The van der Waals surface area contributed by atoms with Crippen molar-refractivity contribution in [1.29, 1.82) is 0 Å². The second-order valence-electron chi connectivity index (χ2n) is 12.6. The highest BCUT2D eigenvalue weighted by molar-refractivity contribution is 7.91. The molecule has 248 valence electrons. The third-order valence-electron chi connectivity index (χ3n) is 9.47. The van der Waals surface area contributed by atoms with Crippen LogP contribution in [0.4, 0.5) is 0 Å². The lowest BCUT2D eigenvalue weighted by molar-refractivity contribution is -0.137. The van der Waals surface area contributed by atoms with Crippen molar-refractivity contribution in [2.24, 2.45) is 11.7 Å². The molecule has 4 amide bonds. The molecule has 0 radical (unpaired) electrons. The molecule has 0 spiro atoms. The fraction of sp³-hybridized carbons (Fsp3) is 0.351. The molecule has 0 bridgehead atoms. The molecule has 10 nitrogen and oxygen atoms in total. The van der Waals surface area contributed by atoms with Gasteiger partial charge in [-0.05, 0) is 85.5 Å². The van der Waals surface area contributed by atoms with Gasteiger partial charge in [-0.15, -0.1) is 0 Å². The summed E-state index contributed by atoms with van der Waals surface area (Å²) >= 11 is 0. The maximum Gasteiger partial charge on any atom is 0.255 e. The Kier molecular flexibility index (Phi) is 9.76. The quantitative estimate of drug-likeness (QED) is 0.277. The number of sulfone groups is 1. The zero-order valence-corrected chi connectivity index (χ0v) is 27.4. The molecule has 3 aromatic rings. The van der Waals surface area contributed by atoms with E-state index in [4.69, 9.17) is 5.73 Å². The number of hydrogen-bond donors (Lipinski definition) is 2. The Morgan fingerprint density at radius 1 is 0.917 bits per heavy atom. The van der Waals surface area contributed by atoms with Gasteiger partial charge in [0, 0.05) is 43.6 Å². The molecule has 3 N–H and O–H groups in total. The highest BCUT2D eigenvalue weighted by atomic mass is 32.2. The summed E-state index contributed by atoms with van der Waals surface area (Å²) in [4.78, 5) is 53.9. The standard InChI is InChI=1S/C37H38N4O6S/c38-32(23-26-13-15-29(16-14-26)48(46,47)28-10-2-1-3-11-28)37(45)40-21-19-25(20-22-40)7-4-5-8-27-9-6-12-30-31(27)24-41(36(30)44)33-17-18-34(42)39-35(33)43/h1-3,6,9-16,25,32-33H,4,7,17-24,38H2,(H,39,42,43)/t32-,33?/m0/s1. The lowest BCUT2D eigenvalue weighted by Crippen LogP contribution is -2.52. The number of benzene rings is 3. The molecule has 3 heterocycles. The molecule has 3 aromatic carbocycles. The lowest BCUT2D eigenvalue weighted by atomic mass is 9.91. The monoisotopic (exact) mass is 666 g/mol. The van der Waals surface area contributed by atoms with Crippen LogP contribution in [-0.4, -0.2) is 67.0 Å². The van der Waals surface area contributed by atoms with Gasteiger partial charge >= 0.3 is 0 Å². The average Bonchev–Trinajstić information content (AvgIpc) is 3.43. The summed E-state index contributed by atoms with van der Waals surface area (Å²) in [5.41, 5.74) is 9.25. The van der Waals surface area contributed by atoms with E-state index in [1.165, 1.54) is 4.90 Å². The molecule has 0 aliphatic carbocycles. The van der Waals surface area contributed by atoms with Crippen molar-refractivity contribution in [2.75, 3.05) is 13.1 Å². The van der Waals surface area contributed by atoms with Gasteiger partial charge in [0.1, 0.15) is 6.04 Å². The second kappa shape index (κ2) is 14.1. The molecule has 11 heteroatoms. The maximum absolute atomic E-state index is 13.1. The number of carbonyl (C=O) groups is 4. The first kappa shape index (κ1) is 33.1. The van der Waals surface area contributed by atoms with Gasteiger partial charge in [0.25, 0.3) is 5.91 Å². The highest BCUT2D eigenvalue weighted by Crippen LogP contribution is 2.30. The van der Waals surface area contributed by atoms with Gasteiger partial charge in [0.15, 0.2) is 0 Å². The largest absolute Gasteiger partial charge is 0.341 e. The molecule has 3 aliphatic rings. The highest BCUT2D eigenvalue weighted by Gasteiger charge is 2.39. The molecule has 1 unspecified atom stereocenters. The Balaban J connectivity index is 0.967. The predicted molar refractivity (Wildman–Crippen MR) is 178 cm³/mol. The third-order valence-corrected chi connectivity index (χ3v) is 11.3. The first-order valence-corrected chi connectivity index (χ1v) is 17.8. The first-order chi connectivity index (χ1) is 23.1. The molecule has 0 aromatic heterocycles. The zero-order chi connectivity index (χ0) is 33.8. The summed E-state index contributed by atoms with van der Waals surface area (Å²) in [5, 5.41) is 2.33. The Morgan fingerprint density at radius 2 is 1.62 bits per heavy atom. The van der Waals surface area contributed by atoms with E-state index in [2.05, 4.69) is 17.2 Å². The number of nitrogens with two attached hydrogens (primary N) is 1. The van der Waals surface area contributed by atoms with Crippen LogP contribution in [-0.2, 0) is 37.2 Å². The predicted octanol–water partition coefficient (Wildman–Crippen LogP) is 3.22. The molecular formula is C37H38N4O6S. The van der Waals surface area contributed by atoms with Crippen molar-refractivity contribution in [2.45, 2.75) is 73.4 Å². The van der Waals surface area contributed by atoms with Gasteiger partial charge in [-0.2, -0.15) is 0 Å². The fourth-order valence-corrected chi connectivity index (χ4v) is 7.98. The zero-order valence-electron chi connectivity index (χ0n) is 26.6. The minimum absolute atomic E-state index is 0.104. The van der Waals surface area contributed by atoms with E-state index < -0.39 is 27.8 Å². The molecule has 48 heavy (non-hydrogen) atoms. The van der Waals surface area contributed by atoms with E-state index in [0.717, 1.165) is 36.0 Å². The third kappa shape index (κ3) is 7.05. The first-order valence-electron chi connectivity index (χ1n) is 16.3. The van der Waals surface area contributed by atoms with Crippen molar-refractivity contribution < 1.29 is 27.6 Å². The number of nitrogens with one attached hydrogen (secondary N) is 1. The van der Waals surface area contributed by atoms with Crippen LogP contribution in [0.25, 0.3) is 0 Å². The van der Waals surface area contributed by atoms with Crippen LogP contribution < -0.4 is 11.1 Å². The summed E-state index contributed by atoms with van der Waals surface area (Å²) in [6.07, 6.45) is 4.16. The molecular weight excluding hydrogens is 628 g/mol. The van der Waals surface area contributed by atoms with Crippen LogP contribution >= 0.6 is 0 Å². The SMILES string of the molecule is N[C@@H](Cc1ccc(S(=O)(=O)c2ccccc2)cc1)C(=O)N1CCC(CCC#Cc2cccc3c2CN(C2CCC(=O)NC2=O)C3=O)CC1. The number of nitrogens with zero attached hydrogens (tertiary/aromatic N) is 2. The normalized spacial score (nSPS) is 18.9. The summed E-state index contributed by atoms with van der Waals surface area (Å²) < 4.78 is 25.7. The van der Waals surface area contributed by atoms with Crippen LogP contribution in [0.15, 0.2) is 82.6 Å². The minimum Gasteiger partial charge on any atom is -0.341 e. The maximum atomic E-state index is 13.1. The topological polar surface area (TPSA) is 147 Å². The molecule has 0 saturated carbocycles. The van der Waals surface area contributed by atoms with Crippen molar-refractivity contribution >= 4 is 33.5 Å². The Hall–Kier alpha value is -4.79. The van der Waals surface area contributed by atoms with Gasteiger partial charge < -0.3 is 15.5 Å². The number of fused-ring (bicyclic) bond motifs is 1. The molecule has 2 fully saturated rings. The fourth-order valence-electron chi connectivity index (χ4n) is 6.69. The smallest absolute Gasteiger partial charge is 0.255 e. The molecule has 2 atom stereocenters. The van der Waals surface area contributed by atoms with Crippen LogP contribution in [0.2, 0.25) is 0 Å². The van der Waals surface area contributed by atoms with Gasteiger partial charge in [0.2, 0.25) is 27.6 Å². The number of likely N-dealkylation sites (tertiary alicyclic amines) is 1. The van der Waals surface area contributed by atoms with Crippen molar-refractivity contribution in [3.05, 3.63) is 95.1 Å². The Labute approximate surface area is 280 Å². The van der Waals surface area contributed by atoms with E-state index in [0.29, 0.717) is 50.4 Å². The van der Waals surface area contributed by atoms with Gasteiger partial charge in [-0.3, -0.25) is 24.5 Å². The Bertz CT molecular complexity index is 1890. The van der Waals surface area contributed by atoms with E-state index in [1.54, 1.807) is 66.7 Å². The van der Waals surface area contributed by atoms with Crippen LogP contribution in [0.3, 0.4) is 0 Å². The van der Waals surface area contributed by atoms with Crippen LogP contribution in [0, 0.1) is 17.8 Å². The second-order valence-corrected chi connectivity index (χ2v) is 14.6. The van der Waals surface area contributed by atoms with E-state index in [9.17, 15) is 27.6 Å². The number of imide groups is 1. The van der Waals surface area contributed by atoms with Crippen LogP contribution in [0.5, 0.6) is 0 Å². The van der Waals surface area contributed by atoms with Crippen molar-refractivity contribution in [3.63, 3.8) is 0 Å². The molecule has 6 rings (SSSR count). The average molecular weight is 667 g/mol. The Morgan fingerprint density at radius 3 is 2.33 bits per heavy atom. The molecule has 2 saturated heterocycles. The lowest BCUT2D eigenvalue weighted by Gasteiger charge is -2.33. The molecule has 3 aliphatic heterocycles.